The van der Waals surface area contributed by atoms with Crippen LogP contribution >= 0.6 is 0 Å². The average molecular weight is 298 g/mol. The third kappa shape index (κ3) is 4.66. The smallest absolute Gasteiger partial charge is 0.168 e. The Labute approximate surface area is 126 Å². The third-order valence-electron chi connectivity index (χ3n) is 3.48. The van der Waals surface area contributed by atoms with Crippen LogP contribution in [0.3, 0.4) is 0 Å². The van der Waals surface area contributed by atoms with Crippen LogP contribution in [0, 0.1) is 11.2 Å². The van der Waals surface area contributed by atoms with Crippen molar-refractivity contribution in [2.24, 2.45) is 11.3 Å². The van der Waals surface area contributed by atoms with Gasteiger partial charge in [0.1, 0.15) is 0 Å². The summed E-state index contributed by atoms with van der Waals surface area (Å²) in [4.78, 5) is 0. The number of hydrogen-bond donors (Lipinski definition) is 2. The van der Waals surface area contributed by atoms with Crippen LogP contribution in [0.1, 0.15) is 33.3 Å². The summed E-state index contributed by atoms with van der Waals surface area (Å²) in [5, 5.41) is 0. The molecular weight excluding hydrogens is 271 g/mol. The van der Waals surface area contributed by atoms with Crippen molar-refractivity contribution in [2.75, 3.05) is 13.7 Å². The lowest BCUT2D eigenvalue weighted by atomic mass is 9.82. The fraction of sp³-hybridized carbons (Fsp3) is 0.625. The largest absolute Gasteiger partial charge is 0.494 e. The summed E-state index contributed by atoms with van der Waals surface area (Å²) in [7, 11) is 1.46. The SMILES string of the molecule is CCOC(C(Cc1cccc(OC)c1F)NN)C(C)(C)C. The first-order valence-corrected chi connectivity index (χ1v) is 7.24. The molecule has 0 amide bonds. The van der Waals surface area contributed by atoms with E-state index >= 15 is 0 Å². The lowest BCUT2D eigenvalue weighted by Gasteiger charge is -2.36. The molecule has 21 heavy (non-hydrogen) atoms. The van der Waals surface area contributed by atoms with E-state index in [9.17, 15) is 4.39 Å². The van der Waals surface area contributed by atoms with Crippen LogP contribution in [0.25, 0.3) is 0 Å². The summed E-state index contributed by atoms with van der Waals surface area (Å²) in [6.07, 6.45) is 0.305. The second-order valence-corrected chi connectivity index (χ2v) is 6.15. The van der Waals surface area contributed by atoms with Gasteiger partial charge in [-0.2, -0.15) is 0 Å². The van der Waals surface area contributed by atoms with Gasteiger partial charge in [0.2, 0.25) is 0 Å². The predicted molar refractivity (Wildman–Crippen MR) is 82.6 cm³/mol. The van der Waals surface area contributed by atoms with Gasteiger partial charge in [-0.05, 0) is 30.4 Å². The van der Waals surface area contributed by atoms with Gasteiger partial charge in [-0.3, -0.25) is 11.3 Å². The molecule has 0 fully saturated rings. The van der Waals surface area contributed by atoms with Crippen molar-refractivity contribution in [2.45, 2.75) is 46.3 Å². The molecule has 3 N–H and O–H groups in total. The highest BCUT2D eigenvalue weighted by molar-refractivity contribution is 5.31. The Morgan fingerprint density at radius 2 is 2.00 bits per heavy atom. The Morgan fingerprint density at radius 1 is 1.33 bits per heavy atom. The number of methoxy groups -OCH3 is 1. The van der Waals surface area contributed by atoms with Gasteiger partial charge in [0, 0.05) is 6.61 Å². The Hall–Kier alpha value is -1.17. The molecule has 1 aromatic carbocycles. The van der Waals surface area contributed by atoms with E-state index < -0.39 is 0 Å². The minimum absolute atomic E-state index is 0.109. The molecule has 2 atom stereocenters. The quantitative estimate of drug-likeness (QED) is 0.600. The first kappa shape index (κ1) is 17.9. The molecule has 0 bridgehead atoms. The molecule has 0 aliphatic heterocycles. The summed E-state index contributed by atoms with van der Waals surface area (Å²) in [6.45, 7) is 8.78. The first-order valence-electron chi connectivity index (χ1n) is 7.24. The fourth-order valence-corrected chi connectivity index (χ4v) is 2.51. The van der Waals surface area contributed by atoms with Gasteiger partial charge < -0.3 is 9.47 Å². The standard InChI is InChI=1S/C16H27FN2O2/c1-6-21-15(16(2,3)4)12(19-18)10-11-8-7-9-13(20-5)14(11)17/h7-9,12,15,19H,6,10,18H2,1-5H3. The molecule has 0 saturated heterocycles. The molecule has 0 spiro atoms. The minimum atomic E-state index is -0.343. The zero-order chi connectivity index (χ0) is 16.0. The van der Waals surface area contributed by atoms with Gasteiger partial charge in [-0.15, -0.1) is 0 Å². The van der Waals surface area contributed by atoms with E-state index in [2.05, 4.69) is 26.2 Å². The van der Waals surface area contributed by atoms with Crippen molar-refractivity contribution in [3.8, 4) is 5.75 Å². The molecule has 0 radical (unpaired) electrons. The summed E-state index contributed by atoms with van der Waals surface area (Å²) >= 11 is 0. The Balaban J connectivity index is 3.00. The highest BCUT2D eigenvalue weighted by Gasteiger charge is 2.33. The maximum Gasteiger partial charge on any atom is 0.168 e. The van der Waals surface area contributed by atoms with Gasteiger partial charge in [-0.25, -0.2) is 4.39 Å². The molecule has 120 valence electrons. The predicted octanol–water partition coefficient (Wildman–Crippen LogP) is 2.66. The number of hydrogen-bond acceptors (Lipinski definition) is 4. The van der Waals surface area contributed by atoms with Crippen LogP contribution in [0.2, 0.25) is 0 Å². The van der Waals surface area contributed by atoms with Crippen molar-refractivity contribution >= 4 is 0 Å². The number of halogens is 1. The van der Waals surface area contributed by atoms with Crippen LogP contribution in [-0.4, -0.2) is 25.9 Å². The molecule has 1 rings (SSSR count). The van der Waals surface area contributed by atoms with E-state index in [0.29, 0.717) is 18.6 Å². The highest BCUT2D eigenvalue weighted by atomic mass is 19.1. The highest BCUT2D eigenvalue weighted by Crippen LogP contribution is 2.28. The molecule has 0 heterocycles. The molecule has 2 unspecified atom stereocenters. The number of rotatable bonds is 7. The maximum absolute atomic E-state index is 14.3. The van der Waals surface area contributed by atoms with Crippen molar-refractivity contribution in [3.05, 3.63) is 29.6 Å². The van der Waals surface area contributed by atoms with Crippen LogP contribution in [0.4, 0.5) is 4.39 Å². The third-order valence-corrected chi connectivity index (χ3v) is 3.48. The summed E-state index contributed by atoms with van der Waals surface area (Å²) < 4.78 is 25.1. The van der Waals surface area contributed by atoms with E-state index in [4.69, 9.17) is 15.3 Å². The Bertz CT molecular complexity index is 446. The summed E-state index contributed by atoms with van der Waals surface area (Å²) in [5.74, 6) is 5.58. The number of nitrogens with one attached hydrogen (secondary N) is 1. The zero-order valence-corrected chi connectivity index (χ0v) is 13.6. The van der Waals surface area contributed by atoms with Crippen molar-refractivity contribution in [1.29, 1.82) is 0 Å². The van der Waals surface area contributed by atoms with Crippen molar-refractivity contribution in [3.63, 3.8) is 0 Å². The number of hydrazine groups is 1. The average Bonchev–Trinajstić information content (AvgIpc) is 2.43. The Kier molecular flexibility index (Phi) is 6.58. The van der Waals surface area contributed by atoms with E-state index in [1.54, 1.807) is 18.2 Å². The second-order valence-electron chi connectivity index (χ2n) is 6.15. The maximum atomic E-state index is 14.3. The minimum Gasteiger partial charge on any atom is -0.494 e. The lowest BCUT2D eigenvalue weighted by Crippen LogP contribution is -2.52. The van der Waals surface area contributed by atoms with Crippen LogP contribution < -0.4 is 16.0 Å². The number of benzene rings is 1. The molecule has 0 saturated carbocycles. The van der Waals surface area contributed by atoms with Gasteiger partial charge in [0.05, 0.1) is 19.3 Å². The van der Waals surface area contributed by atoms with Crippen LogP contribution in [0.5, 0.6) is 5.75 Å². The molecule has 0 aliphatic carbocycles. The van der Waals surface area contributed by atoms with Crippen LogP contribution in [0.15, 0.2) is 18.2 Å². The van der Waals surface area contributed by atoms with Gasteiger partial charge in [0.25, 0.3) is 0 Å². The number of ether oxygens (including phenoxy) is 2. The lowest BCUT2D eigenvalue weighted by molar-refractivity contribution is -0.0357. The monoisotopic (exact) mass is 298 g/mol. The van der Waals surface area contributed by atoms with Gasteiger partial charge in [0.15, 0.2) is 11.6 Å². The zero-order valence-electron chi connectivity index (χ0n) is 13.6. The molecular formula is C16H27FN2O2. The van der Waals surface area contributed by atoms with E-state index in [1.807, 2.05) is 6.92 Å². The molecule has 5 heteroatoms. The van der Waals surface area contributed by atoms with Gasteiger partial charge >= 0.3 is 0 Å². The van der Waals surface area contributed by atoms with E-state index in [-0.39, 0.29) is 29.1 Å². The second kappa shape index (κ2) is 7.73. The van der Waals surface area contributed by atoms with Crippen molar-refractivity contribution < 1.29 is 13.9 Å². The topological polar surface area (TPSA) is 56.5 Å². The van der Waals surface area contributed by atoms with E-state index in [0.717, 1.165) is 0 Å². The van der Waals surface area contributed by atoms with E-state index in [1.165, 1.54) is 7.11 Å². The number of nitrogens with two attached hydrogens (primary N) is 1. The van der Waals surface area contributed by atoms with Gasteiger partial charge in [-0.1, -0.05) is 32.9 Å². The van der Waals surface area contributed by atoms with Crippen molar-refractivity contribution in [1.82, 2.24) is 5.43 Å². The summed E-state index contributed by atoms with van der Waals surface area (Å²) in [6, 6.07) is 4.94. The van der Waals surface area contributed by atoms with Crippen LogP contribution in [-0.2, 0) is 11.2 Å². The summed E-state index contributed by atoms with van der Waals surface area (Å²) in [5.41, 5.74) is 3.23. The normalized spacial score (nSPS) is 14.8. The fourth-order valence-electron chi connectivity index (χ4n) is 2.51. The molecule has 4 nitrogen and oxygen atoms in total. The molecule has 1 aromatic rings. The first-order chi connectivity index (χ1) is 9.85. The Morgan fingerprint density at radius 3 is 2.48 bits per heavy atom. The molecule has 0 aliphatic rings. The molecule has 0 aromatic heterocycles.